The summed E-state index contributed by atoms with van der Waals surface area (Å²) < 4.78 is 0. The number of benzene rings is 4. The lowest BCUT2D eigenvalue weighted by Gasteiger charge is -2.25. The minimum absolute atomic E-state index is 0.0645. The highest BCUT2D eigenvalue weighted by molar-refractivity contribution is 5.87. The Kier molecular flexibility index (Phi) is 6.42. The van der Waals surface area contributed by atoms with Gasteiger partial charge < -0.3 is 10.0 Å². The van der Waals surface area contributed by atoms with Gasteiger partial charge in [0.05, 0.1) is 0 Å². The van der Waals surface area contributed by atoms with Gasteiger partial charge in [-0.3, -0.25) is 9.59 Å². The quantitative estimate of drug-likeness (QED) is 0.353. The molecule has 0 heterocycles. The van der Waals surface area contributed by atoms with Gasteiger partial charge in [-0.15, -0.1) is 0 Å². The predicted octanol–water partition coefficient (Wildman–Crippen LogP) is 6.03. The Bertz CT molecular complexity index is 1180. The number of rotatable bonds is 8. The Hall–Kier alpha value is -4.18. The summed E-state index contributed by atoms with van der Waals surface area (Å²) in [5, 5.41) is 10.7. The molecule has 0 amide bonds. The van der Waals surface area contributed by atoms with Crippen LogP contribution in [0.1, 0.15) is 21.5 Å². The fraction of sp³-hybridized carbons (Fsp3) is 0.0714. The van der Waals surface area contributed by atoms with E-state index in [1.165, 1.54) is 0 Å². The van der Waals surface area contributed by atoms with Crippen molar-refractivity contribution in [2.75, 3.05) is 4.90 Å². The molecule has 0 saturated carbocycles. The highest BCUT2D eigenvalue weighted by Gasteiger charge is 2.16. The third-order valence-corrected chi connectivity index (χ3v) is 5.31. The standard InChI is InChI=1S/C28H23NO3/c30-20-23-10-8-7-9-21(23)17-27(31)18-22-15-16-26(19-28(22)32)29(24-11-3-1-4-12-24)25-13-5-2-6-14-25/h1-16,19-20,32H,17-18H2. The van der Waals surface area contributed by atoms with E-state index in [4.69, 9.17) is 0 Å². The third kappa shape index (κ3) is 4.76. The van der Waals surface area contributed by atoms with E-state index in [9.17, 15) is 14.7 Å². The second-order valence-electron chi connectivity index (χ2n) is 7.53. The summed E-state index contributed by atoms with van der Waals surface area (Å²) in [6, 6.07) is 32.2. The number of para-hydroxylation sites is 2. The zero-order valence-electron chi connectivity index (χ0n) is 17.5. The van der Waals surface area contributed by atoms with Crippen molar-refractivity contribution in [3.8, 4) is 5.75 Å². The predicted molar refractivity (Wildman–Crippen MR) is 127 cm³/mol. The number of anilines is 3. The third-order valence-electron chi connectivity index (χ3n) is 5.31. The van der Waals surface area contributed by atoms with Crippen LogP contribution in [0, 0.1) is 0 Å². The van der Waals surface area contributed by atoms with Crippen molar-refractivity contribution in [3.63, 3.8) is 0 Å². The molecule has 0 aliphatic heterocycles. The number of phenolic OH excluding ortho intramolecular Hbond substituents is 1. The van der Waals surface area contributed by atoms with Gasteiger partial charge in [-0.25, -0.2) is 0 Å². The van der Waals surface area contributed by atoms with Gasteiger partial charge in [0.1, 0.15) is 17.8 Å². The minimum atomic E-state index is -0.0645. The van der Waals surface area contributed by atoms with Gasteiger partial charge in [0.15, 0.2) is 0 Å². The maximum absolute atomic E-state index is 12.6. The van der Waals surface area contributed by atoms with Crippen LogP contribution in [-0.2, 0) is 17.6 Å². The van der Waals surface area contributed by atoms with Crippen LogP contribution in [0.25, 0.3) is 0 Å². The van der Waals surface area contributed by atoms with Crippen molar-refractivity contribution in [1.82, 2.24) is 0 Å². The molecule has 4 heteroatoms. The fourth-order valence-corrected chi connectivity index (χ4v) is 3.74. The van der Waals surface area contributed by atoms with Gasteiger partial charge >= 0.3 is 0 Å². The molecule has 0 aromatic heterocycles. The topological polar surface area (TPSA) is 57.6 Å². The molecular weight excluding hydrogens is 398 g/mol. The molecule has 4 aromatic carbocycles. The van der Waals surface area contributed by atoms with Gasteiger partial charge in [0.25, 0.3) is 0 Å². The Labute approximate surface area is 187 Å². The molecule has 0 saturated heterocycles. The van der Waals surface area contributed by atoms with Crippen LogP contribution in [-0.4, -0.2) is 17.2 Å². The molecule has 0 spiro atoms. The van der Waals surface area contributed by atoms with Crippen molar-refractivity contribution in [2.45, 2.75) is 12.8 Å². The van der Waals surface area contributed by atoms with Crippen molar-refractivity contribution in [1.29, 1.82) is 0 Å². The molecule has 0 aliphatic rings. The van der Waals surface area contributed by atoms with Crippen LogP contribution in [0.2, 0.25) is 0 Å². The first-order valence-electron chi connectivity index (χ1n) is 10.4. The first kappa shape index (κ1) is 21.1. The Morgan fingerprint density at radius 1 is 0.688 bits per heavy atom. The molecule has 4 aromatic rings. The smallest absolute Gasteiger partial charge is 0.150 e. The zero-order chi connectivity index (χ0) is 22.3. The number of ketones is 1. The summed E-state index contributed by atoms with van der Waals surface area (Å²) in [7, 11) is 0. The van der Waals surface area contributed by atoms with E-state index in [0.717, 1.165) is 23.3 Å². The Morgan fingerprint density at radius 3 is 1.84 bits per heavy atom. The molecule has 0 unspecified atom stereocenters. The first-order chi connectivity index (χ1) is 15.7. The van der Waals surface area contributed by atoms with Gasteiger partial charge in [0, 0.05) is 47.1 Å². The monoisotopic (exact) mass is 421 g/mol. The number of carbonyl (C=O) groups excluding carboxylic acids is 2. The summed E-state index contributed by atoms with van der Waals surface area (Å²) in [6.45, 7) is 0. The average molecular weight is 421 g/mol. The maximum atomic E-state index is 12.6. The maximum Gasteiger partial charge on any atom is 0.150 e. The molecule has 0 fully saturated rings. The molecule has 0 bridgehead atoms. The highest BCUT2D eigenvalue weighted by atomic mass is 16.3. The van der Waals surface area contributed by atoms with Crippen molar-refractivity contribution >= 4 is 29.1 Å². The molecule has 0 aliphatic carbocycles. The Morgan fingerprint density at radius 2 is 1.25 bits per heavy atom. The molecular formula is C28H23NO3. The summed E-state index contributed by atoms with van der Waals surface area (Å²) in [5.74, 6) is 0.00158. The highest BCUT2D eigenvalue weighted by Crippen LogP contribution is 2.36. The van der Waals surface area contributed by atoms with E-state index < -0.39 is 0 Å². The number of phenols is 1. The second kappa shape index (κ2) is 9.75. The number of carbonyl (C=O) groups is 2. The van der Waals surface area contributed by atoms with E-state index >= 15 is 0 Å². The summed E-state index contributed by atoms with van der Waals surface area (Å²) in [4.78, 5) is 25.9. The molecule has 0 atom stereocenters. The van der Waals surface area contributed by atoms with Crippen molar-refractivity contribution in [2.24, 2.45) is 0 Å². The number of nitrogens with zero attached hydrogens (tertiary/aromatic N) is 1. The fourth-order valence-electron chi connectivity index (χ4n) is 3.74. The van der Waals surface area contributed by atoms with Crippen LogP contribution < -0.4 is 4.90 Å². The molecule has 158 valence electrons. The lowest BCUT2D eigenvalue weighted by Crippen LogP contribution is -2.11. The van der Waals surface area contributed by atoms with Crippen LogP contribution in [0.5, 0.6) is 5.75 Å². The van der Waals surface area contributed by atoms with E-state index in [0.29, 0.717) is 16.7 Å². The molecule has 1 N–H and O–H groups in total. The average Bonchev–Trinajstić information content (AvgIpc) is 2.83. The largest absolute Gasteiger partial charge is 0.508 e. The minimum Gasteiger partial charge on any atom is -0.508 e. The van der Waals surface area contributed by atoms with Crippen LogP contribution >= 0.6 is 0 Å². The lowest BCUT2D eigenvalue weighted by molar-refractivity contribution is -0.117. The number of aromatic hydroxyl groups is 1. The zero-order valence-corrected chi connectivity index (χ0v) is 17.5. The van der Waals surface area contributed by atoms with E-state index in [1.54, 1.807) is 30.3 Å². The summed E-state index contributed by atoms with van der Waals surface area (Å²) in [6.07, 6.45) is 1.00. The lowest BCUT2D eigenvalue weighted by atomic mass is 9.98. The SMILES string of the molecule is O=Cc1ccccc1CC(=O)Cc1ccc(N(c2ccccc2)c2ccccc2)cc1O. The van der Waals surface area contributed by atoms with Crippen molar-refractivity contribution in [3.05, 3.63) is 120 Å². The molecule has 32 heavy (non-hydrogen) atoms. The van der Waals surface area contributed by atoms with E-state index in [1.807, 2.05) is 77.7 Å². The van der Waals surface area contributed by atoms with Crippen LogP contribution in [0.4, 0.5) is 17.1 Å². The number of hydrogen-bond acceptors (Lipinski definition) is 4. The number of hydrogen-bond donors (Lipinski definition) is 1. The molecule has 0 radical (unpaired) electrons. The van der Waals surface area contributed by atoms with E-state index in [2.05, 4.69) is 0 Å². The second-order valence-corrected chi connectivity index (χ2v) is 7.53. The number of aldehydes is 1. The van der Waals surface area contributed by atoms with E-state index in [-0.39, 0.29) is 24.4 Å². The molecule has 4 nitrogen and oxygen atoms in total. The normalized spacial score (nSPS) is 10.5. The van der Waals surface area contributed by atoms with Gasteiger partial charge in [-0.2, -0.15) is 0 Å². The van der Waals surface area contributed by atoms with Crippen molar-refractivity contribution < 1.29 is 14.7 Å². The Balaban J connectivity index is 1.59. The summed E-state index contributed by atoms with van der Waals surface area (Å²) in [5.41, 5.74) is 4.50. The van der Waals surface area contributed by atoms with Crippen LogP contribution in [0.3, 0.4) is 0 Å². The van der Waals surface area contributed by atoms with Gasteiger partial charge in [0.2, 0.25) is 0 Å². The van der Waals surface area contributed by atoms with Crippen LogP contribution in [0.15, 0.2) is 103 Å². The summed E-state index contributed by atoms with van der Waals surface area (Å²) >= 11 is 0. The molecule has 4 rings (SSSR count). The van der Waals surface area contributed by atoms with Gasteiger partial charge in [-0.1, -0.05) is 66.7 Å². The first-order valence-corrected chi connectivity index (χ1v) is 10.4. The number of Topliss-reactive ketones (excluding diaryl/α,β-unsaturated/α-hetero) is 1. The van der Waals surface area contributed by atoms with Gasteiger partial charge in [-0.05, 0) is 35.9 Å².